The summed E-state index contributed by atoms with van der Waals surface area (Å²) in [6, 6.07) is 4.96. The summed E-state index contributed by atoms with van der Waals surface area (Å²) in [6.45, 7) is 2.79. The lowest BCUT2D eigenvalue weighted by atomic mass is 10.2. The number of quaternary nitrogens is 1. The van der Waals surface area contributed by atoms with Crippen LogP contribution in [0.5, 0.6) is 11.5 Å². The highest BCUT2D eigenvalue weighted by molar-refractivity contribution is 7.71. The molecule has 1 aromatic heterocycles. The summed E-state index contributed by atoms with van der Waals surface area (Å²) in [4.78, 5) is 1.04. The third kappa shape index (κ3) is 3.88. The number of morpholine rings is 1. The zero-order valence-corrected chi connectivity index (χ0v) is 15.4. The molecule has 0 bridgehead atoms. The Balaban J connectivity index is 1.64. The summed E-state index contributed by atoms with van der Waals surface area (Å²) in [6.07, 6.45) is -3.41. The number of ether oxygens (including phenoxy) is 3. The van der Waals surface area contributed by atoms with E-state index >= 15 is 0 Å². The molecule has 0 saturated carbocycles. The van der Waals surface area contributed by atoms with Crippen LogP contribution in [0.1, 0.15) is 11.4 Å². The highest BCUT2D eigenvalue weighted by Gasteiger charge is 2.39. The number of rotatable bonds is 4. The molecule has 1 saturated heterocycles. The molecule has 2 aliphatic heterocycles. The minimum atomic E-state index is -4.69. The minimum absolute atomic E-state index is 0.107. The van der Waals surface area contributed by atoms with Crippen LogP contribution in [0.3, 0.4) is 0 Å². The summed E-state index contributed by atoms with van der Waals surface area (Å²) in [5, 5.41) is 7.61. The first kappa shape index (κ1) is 18.9. The van der Waals surface area contributed by atoms with E-state index in [-0.39, 0.29) is 18.2 Å². The van der Waals surface area contributed by atoms with E-state index in [1.807, 2.05) is 0 Å². The quantitative estimate of drug-likeness (QED) is 0.593. The minimum Gasteiger partial charge on any atom is -0.454 e. The Morgan fingerprint density at radius 3 is 2.71 bits per heavy atom. The van der Waals surface area contributed by atoms with Gasteiger partial charge in [-0.15, -0.1) is 5.10 Å². The Bertz CT molecular complexity index is 950. The van der Waals surface area contributed by atoms with E-state index in [0.29, 0.717) is 48.0 Å². The second-order valence-electron chi connectivity index (χ2n) is 6.29. The zero-order valence-electron chi connectivity index (χ0n) is 14.6. The molecule has 28 heavy (non-hydrogen) atoms. The molecule has 150 valence electrons. The Hall–Kier alpha value is -2.44. The van der Waals surface area contributed by atoms with Crippen LogP contribution in [0.4, 0.5) is 13.2 Å². The van der Waals surface area contributed by atoms with Gasteiger partial charge in [0.15, 0.2) is 18.2 Å². The highest BCUT2D eigenvalue weighted by atomic mass is 32.1. The van der Waals surface area contributed by atoms with E-state index < -0.39 is 12.0 Å². The number of nitrogens with one attached hydrogen (secondary N) is 1. The summed E-state index contributed by atoms with van der Waals surface area (Å²) in [7, 11) is 0. The average Bonchev–Trinajstić information content (AvgIpc) is 3.25. The van der Waals surface area contributed by atoms with Crippen molar-refractivity contribution in [3.63, 3.8) is 0 Å². The molecule has 0 aliphatic carbocycles. The molecule has 0 amide bonds. The second kappa shape index (κ2) is 7.53. The molecule has 0 atom stereocenters. The first-order valence-electron chi connectivity index (χ1n) is 8.54. The average molecular weight is 416 g/mol. The number of alkyl halides is 3. The fourth-order valence-corrected chi connectivity index (χ4v) is 3.17. The van der Waals surface area contributed by atoms with Gasteiger partial charge in [0.05, 0.1) is 19.4 Å². The number of nitrogens with zero attached hydrogens (tertiary/aromatic N) is 4. The molecule has 1 fully saturated rings. The third-order valence-electron chi connectivity index (χ3n) is 4.36. The molecule has 12 heteroatoms. The van der Waals surface area contributed by atoms with Gasteiger partial charge in [0.2, 0.25) is 11.6 Å². The van der Waals surface area contributed by atoms with Crippen LogP contribution >= 0.6 is 12.2 Å². The van der Waals surface area contributed by atoms with Crippen LogP contribution in [0.15, 0.2) is 23.3 Å². The molecular formula is C16H17F3N5O3S+. The number of hydrogen-bond donors (Lipinski definition) is 1. The molecule has 0 radical (unpaired) electrons. The maximum atomic E-state index is 13.4. The fraction of sp³-hybridized carbons (Fsp3) is 0.438. The Morgan fingerprint density at radius 1 is 1.21 bits per heavy atom. The normalized spacial score (nSPS) is 17.5. The van der Waals surface area contributed by atoms with Crippen LogP contribution in [0.2, 0.25) is 0 Å². The van der Waals surface area contributed by atoms with Gasteiger partial charge in [0.25, 0.3) is 5.82 Å². The van der Waals surface area contributed by atoms with Gasteiger partial charge in [-0.3, -0.25) is 0 Å². The van der Waals surface area contributed by atoms with Crippen molar-refractivity contribution in [2.24, 2.45) is 5.10 Å². The van der Waals surface area contributed by atoms with Crippen molar-refractivity contribution in [3.05, 3.63) is 34.4 Å². The highest BCUT2D eigenvalue weighted by Crippen LogP contribution is 2.32. The molecule has 0 spiro atoms. The number of fused-ring (bicyclic) bond motifs is 1. The molecule has 2 aliphatic rings. The Kier molecular flexibility index (Phi) is 5.08. The van der Waals surface area contributed by atoms with Gasteiger partial charge >= 0.3 is 6.18 Å². The van der Waals surface area contributed by atoms with E-state index in [1.165, 1.54) is 6.21 Å². The molecular weight excluding hydrogens is 399 g/mol. The number of aromatic nitrogens is 3. The van der Waals surface area contributed by atoms with E-state index in [0.717, 1.165) is 9.58 Å². The maximum Gasteiger partial charge on any atom is 0.453 e. The molecule has 8 nitrogen and oxygen atoms in total. The summed E-state index contributed by atoms with van der Waals surface area (Å²) >= 11 is 5.21. The number of halogens is 3. The lowest BCUT2D eigenvalue weighted by Crippen LogP contribution is -3.13. The molecule has 3 heterocycles. The smallest absolute Gasteiger partial charge is 0.453 e. The van der Waals surface area contributed by atoms with E-state index in [2.05, 4.69) is 10.2 Å². The van der Waals surface area contributed by atoms with Crippen LogP contribution in [-0.2, 0) is 17.6 Å². The van der Waals surface area contributed by atoms with Crippen LogP contribution in [0.25, 0.3) is 0 Å². The lowest BCUT2D eigenvalue weighted by Gasteiger charge is -2.23. The Morgan fingerprint density at radius 2 is 1.96 bits per heavy atom. The summed E-state index contributed by atoms with van der Waals surface area (Å²) < 4.78 is 57.8. The van der Waals surface area contributed by atoms with Gasteiger partial charge in [-0.25, -0.2) is 0 Å². The van der Waals surface area contributed by atoms with Crippen LogP contribution in [0, 0.1) is 4.77 Å². The van der Waals surface area contributed by atoms with Gasteiger partial charge in [0.1, 0.15) is 13.1 Å². The van der Waals surface area contributed by atoms with Crippen molar-refractivity contribution in [1.82, 2.24) is 14.5 Å². The fourth-order valence-electron chi connectivity index (χ4n) is 2.93. The predicted octanol–water partition coefficient (Wildman–Crippen LogP) is 0.916. The van der Waals surface area contributed by atoms with Gasteiger partial charge in [0, 0.05) is 0 Å². The van der Waals surface area contributed by atoms with Crippen LogP contribution < -0.4 is 14.4 Å². The Labute approximate surface area is 162 Å². The topological polar surface area (TPSA) is 67.2 Å². The summed E-state index contributed by atoms with van der Waals surface area (Å²) in [5.74, 6) is -0.0802. The van der Waals surface area contributed by atoms with E-state index in [4.69, 9.17) is 26.4 Å². The van der Waals surface area contributed by atoms with Gasteiger partial charge < -0.3 is 19.1 Å². The number of benzene rings is 1. The van der Waals surface area contributed by atoms with Crippen molar-refractivity contribution in [1.29, 1.82) is 0 Å². The molecule has 1 aromatic carbocycles. The largest absolute Gasteiger partial charge is 0.454 e. The third-order valence-corrected chi connectivity index (χ3v) is 4.75. The molecule has 0 unspecified atom stereocenters. The predicted molar refractivity (Wildman–Crippen MR) is 93.1 cm³/mol. The van der Waals surface area contributed by atoms with Gasteiger partial charge in [-0.1, -0.05) is 0 Å². The van der Waals surface area contributed by atoms with Crippen LogP contribution in [-0.4, -0.2) is 53.8 Å². The lowest BCUT2D eigenvalue weighted by molar-refractivity contribution is -0.931. The monoisotopic (exact) mass is 416 g/mol. The van der Waals surface area contributed by atoms with Gasteiger partial charge in [-0.05, 0) is 36.0 Å². The standard InChI is InChI=1S/C16H16F3N5O3S/c17-16(18,19)14-21-23(9-22-3-5-25-6-4-22)15(28)24(14)20-8-11-1-2-12-13(7-11)27-10-26-12/h1-2,7-8H,3-6,9-10H2/p+1/b20-8+. The van der Waals surface area contributed by atoms with E-state index in [9.17, 15) is 13.2 Å². The van der Waals surface area contributed by atoms with Crippen molar-refractivity contribution in [3.8, 4) is 11.5 Å². The first-order chi connectivity index (χ1) is 13.4. The SMILES string of the molecule is FC(F)(F)c1nn(C[NH+]2CCOCC2)c(=S)n1/N=C/c1ccc2c(c1)OCO2. The van der Waals surface area contributed by atoms with Crippen molar-refractivity contribution in [2.75, 3.05) is 33.1 Å². The van der Waals surface area contributed by atoms with Gasteiger partial charge in [-0.2, -0.15) is 27.6 Å². The van der Waals surface area contributed by atoms with E-state index in [1.54, 1.807) is 18.2 Å². The van der Waals surface area contributed by atoms with Crippen molar-refractivity contribution in [2.45, 2.75) is 12.8 Å². The maximum absolute atomic E-state index is 13.4. The summed E-state index contributed by atoms with van der Waals surface area (Å²) in [5.41, 5.74) is 0.547. The second-order valence-corrected chi connectivity index (χ2v) is 6.66. The zero-order chi connectivity index (χ0) is 19.7. The van der Waals surface area contributed by atoms with Crippen molar-refractivity contribution < 1.29 is 32.3 Å². The molecule has 2 aromatic rings. The van der Waals surface area contributed by atoms with Crippen molar-refractivity contribution >= 4 is 18.4 Å². The molecule has 1 N–H and O–H groups in total. The molecule has 4 rings (SSSR count). The first-order valence-corrected chi connectivity index (χ1v) is 8.95. The number of hydrogen-bond acceptors (Lipinski definition) is 6.